The molecule has 0 saturated carbocycles. The highest BCUT2D eigenvalue weighted by atomic mass is 16.6. The van der Waals surface area contributed by atoms with Crippen molar-refractivity contribution in [1.82, 2.24) is 0 Å². The summed E-state index contributed by atoms with van der Waals surface area (Å²) in [6.07, 6.45) is 21.8. The van der Waals surface area contributed by atoms with Crippen LogP contribution in [0.1, 0.15) is 110 Å². The van der Waals surface area contributed by atoms with Crippen molar-refractivity contribution in [2.45, 2.75) is 116 Å². The largest absolute Gasteiger partial charge is 0.394 e. The summed E-state index contributed by atoms with van der Waals surface area (Å²) in [7, 11) is 0. The van der Waals surface area contributed by atoms with Crippen molar-refractivity contribution in [1.29, 1.82) is 0 Å². The Morgan fingerprint density at radius 2 is 0.968 bits per heavy atom. The van der Waals surface area contributed by atoms with E-state index in [4.69, 9.17) is 20.4 Å². The highest BCUT2D eigenvalue weighted by molar-refractivity contribution is 6.04. The number of rotatable bonds is 17. The molecule has 0 unspecified atom stereocenters. The van der Waals surface area contributed by atoms with Gasteiger partial charge in [0.15, 0.2) is 6.29 Å². The van der Waals surface area contributed by atoms with Gasteiger partial charge in [0.1, 0.15) is 0 Å². The second-order valence-electron chi connectivity index (χ2n) is 7.74. The lowest BCUT2D eigenvalue weighted by Gasteiger charge is -2.04. The van der Waals surface area contributed by atoms with Crippen molar-refractivity contribution in [3.8, 4) is 0 Å². The average molecular weight is 447 g/mol. The monoisotopic (exact) mass is 446 g/mol. The molecular weight excluding hydrogens is 400 g/mol. The zero-order valence-electron chi connectivity index (χ0n) is 19.5. The van der Waals surface area contributed by atoms with Crippen LogP contribution in [0.3, 0.4) is 0 Å². The maximum atomic E-state index is 9.92. The van der Waals surface area contributed by atoms with E-state index in [-0.39, 0.29) is 13.2 Å². The Hall–Kier alpha value is -1.28. The molecule has 0 aromatic heterocycles. The highest BCUT2D eigenvalue weighted by Crippen LogP contribution is 2.13. The van der Waals surface area contributed by atoms with Gasteiger partial charge in [-0.15, -0.1) is 0 Å². The molecule has 0 amide bonds. The number of ether oxygens (including phenoxy) is 1. The summed E-state index contributed by atoms with van der Waals surface area (Å²) < 4.78 is 3.97. The van der Waals surface area contributed by atoms with Gasteiger partial charge in [0.05, 0.1) is 13.2 Å². The number of carbonyl (C=O) groups excluding carboxylic acids is 2. The molecule has 1 rings (SSSR count). The van der Waals surface area contributed by atoms with Crippen LogP contribution in [-0.2, 0) is 14.3 Å². The predicted molar refractivity (Wildman–Crippen MR) is 122 cm³/mol. The normalized spacial score (nSPS) is 12.3. The molecule has 7 nitrogen and oxygen atoms in total. The Balaban J connectivity index is 0. The van der Waals surface area contributed by atoms with Gasteiger partial charge < -0.3 is 25.2 Å². The summed E-state index contributed by atoms with van der Waals surface area (Å²) in [6, 6.07) is 0. The Morgan fingerprint density at radius 3 is 1.19 bits per heavy atom. The zero-order valence-corrected chi connectivity index (χ0v) is 19.5. The number of aliphatic hydroxyl groups is 4. The van der Waals surface area contributed by atoms with Crippen LogP contribution in [0.25, 0.3) is 0 Å². The van der Waals surface area contributed by atoms with Crippen LogP contribution in [0.4, 0.5) is 0 Å². The van der Waals surface area contributed by atoms with Crippen molar-refractivity contribution in [2.24, 2.45) is 0 Å². The number of unbranched alkanes of at least 4 members (excludes halogenated alkanes) is 14. The first-order valence-corrected chi connectivity index (χ1v) is 12.0. The second-order valence-corrected chi connectivity index (χ2v) is 7.74. The minimum Gasteiger partial charge on any atom is -0.394 e. The van der Waals surface area contributed by atoms with Crippen molar-refractivity contribution in [3.63, 3.8) is 0 Å². The maximum Gasteiger partial charge on any atom is 0.338 e. The molecule has 0 fully saturated rings. The lowest BCUT2D eigenvalue weighted by atomic mass is 10.0. The predicted octanol–water partition coefficient (Wildman–Crippen LogP) is 4.16. The average Bonchev–Trinajstić information content (AvgIpc) is 3.13. The van der Waals surface area contributed by atoms with Gasteiger partial charge in [-0.05, 0) is 12.8 Å². The third-order valence-electron chi connectivity index (χ3n) is 4.72. The molecule has 31 heavy (non-hydrogen) atoms. The van der Waals surface area contributed by atoms with E-state index in [0.717, 1.165) is 25.0 Å². The van der Waals surface area contributed by atoms with Crippen LogP contribution in [0.5, 0.6) is 0 Å². The van der Waals surface area contributed by atoms with Gasteiger partial charge in [-0.3, -0.25) is 0 Å². The van der Waals surface area contributed by atoms with Gasteiger partial charge in [-0.1, -0.05) is 96.8 Å². The molecule has 184 valence electrons. The number of carbonyl (C=O) groups is 2. The van der Waals surface area contributed by atoms with Crippen LogP contribution < -0.4 is 0 Å². The first-order valence-electron chi connectivity index (χ1n) is 12.0. The van der Waals surface area contributed by atoms with Gasteiger partial charge in [0.25, 0.3) is 0 Å². The van der Waals surface area contributed by atoms with Crippen LogP contribution >= 0.6 is 0 Å². The van der Waals surface area contributed by atoms with E-state index >= 15 is 0 Å². The standard InChI is InChI=1S/C18H38O2.C4H2O3.C2H6O2/c1-2-3-4-5-6-7-8-9-10-11-12-13-14-15-16-17-18(19)20;5-3-1-2-4(6)7-3;3-1-2-4/h18-20H,2-17H2,1H3;1-2H;3-4H,1-2H2. The fraction of sp³-hybridized carbons (Fsp3) is 0.833. The molecular formula is C24H46O7. The second kappa shape index (κ2) is 26.8. The van der Waals surface area contributed by atoms with Crippen LogP contribution in [-0.4, -0.2) is 51.9 Å². The van der Waals surface area contributed by atoms with Gasteiger partial charge in [0, 0.05) is 12.2 Å². The van der Waals surface area contributed by atoms with E-state index in [1.807, 2.05) is 0 Å². The Labute approximate surface area is 188 Å². The molecule has 4 N–H and O–H groups in total. The number of hydrogen-bond donors (Lipinski definition) is 4. The molecule has 0 spiro atoms. The summed E-state index contributed by atoms with van der Waals surface area (Å²) in [6.45, 7) is 2.02. The Morgan fingerprint density at radius 1 is 0.645 bits per heavy atom. The SMILES string of the molecule is CCCCCCCCCCCCCCCCCC(O)O.O=C1C=CC(=O)O1.OCCO. The van der Waals surface area contributed by atoms with Gasteiger partial charge in [-0.2, -0.15) is 0 Å². The smallest absolute Gasteiger partial charge is 0.338 e. The number of aliphatic hydroxyl groups excluding tert-OH is 3. The summed E-state index contributed by atoms with van der Waals surface area (Å²) in [5.74, 6) is -1.16. The fourth-order valence-corrected chi connectivity index (χ4v) is 3.00. The molecule has 1 aliphatic rings. The summed E-state index contributed by atoms with van der Waals surface area (Å²) >= 11 is 0. The van der Waals surface area contributed by atoms with Gasteiger partial charge in [-0.25, -0.2) is 9.59 Å². The highest BCUT2D eigenvalue weighted by Gasteiger charge is 2.10. The molecule has 0 bridgehead atoms. The van der Waals surface area contributed by atoms with Crippen molar-refractivity contribution >= 4 is 11.9 Å². The maximum absolute atomic E-state index is 9.92. The molecule has 0 aromatic carbocycles. The Kier molecular flexibility index (Phi) is 27.5. The van der Waals surface area contributed by atoms with Gasteiger partial charge >= 0.3 is 11.9 Å². The summed E-state index contributed by atoms with van der Waals surface area (Å²) in [5.41, 5.74) is 0. The van der Waals surface area contributed by atoms with Crippen molar-refractivity contribution in [2.75, 3.05) is 13.2 Å². The molecule has 0 saturated heterocycles. The van der Waals surface area contributed by atoms with Crippen LogP contribution in [0.15, 0.2) is 12.2 Å². The fourth-order valence-electron chi connectivity index (χ4n) is 3.00. The van der Waals surface area contributed by atoms with Crippen molar-refractivity contribution in [3.05, 3.63) is 12.2 Å². The number of hydrogen-bond acceptors (Lipinski definition) is 7. The molecule has 7 heteroatoms. The number of esters is 2. The topological polar surface area (TPSA) is 124 Å². The lowest BCUT2D eigenvalue weighted by Crippen LogP contribution is -2.02. The van der Waals surface area contributed by atoms with E-state index in [2.05, 4.69) is 11.7 Å². The van der Waals surface area contributed by atoms with E-state index < -0.39 is 18.2 Å². The van der Waals surface area contributed by atoms with E-state index in [0.29, 0.717) is 6.42 Å². The minimum absolute atomic E-state index is 0.125. The van der Waals surface area contributed by atoms with E-state index in [1.165, 1.54) is 83.5 Å². The Bertz CT molecular complexity index is 404. The molecule has 0 atom stereocenters. The summed E-state index contributed by atoms with van der Waals surface area (Å²) in [5, 5.41) is 32.7. The quantitative estimate of drug-likeness (QED) is 0.114. The summed E-state index contributed by atoms with van der Waals surface area (Å²) in [4.78, 5) is 19.8. The van der Waals surface area contributed by atoms with Crippen molar-refractivity contribution < 1.29 is 34.8 Å². The zero-order chi connectivity index (χ0) is 23.6. The minimum atomic E-state index is -1.10. The lowest BCUT2D eigenvalue weighted by molar-refractivity contribution is -0.150. The first-order chi connectivity index (χ1) is 15.0. The molecule has 1 heterocycles. The van der Waals surface area contributed by atoms with Crippen LogP contribution in [0.2, 0.25) is 0 Å². The first kappa shape index (κ1) is 31.9. The van der Waals surface area contributed by atoms with Gasteiger partial charge in [0.2, 0.25) is 0 Å². The molecule has 1 aliphatic heterocycles. The number of cyclic esters (lactones) is 2. The molecule has 0 radical (unpaired) electrons. The third kappa shape index (κ3) is 31.0. The molecule has 0 aliphatic carbocycles. The van der Waals surface area contributed by atoms with Crippen LogP contribution in [0, 0.1) is 0 Å². The third-order valence-corrected chi connectivity index (χ3v) is 4.72. The molecule has 0 aromatic rings. The van der Waals surface area contributed by atoms with E-state index in [9.17, 15) is 9.59 Å². The van der Waals surface area contributed by atoms with E-state index in [1.54, 1.807) is 0 Å².